The third kappa shape index (κ3) is 4.34. The predicted octanol–water partition coefficient (Wildman–Crippen LogP) is 0.409. The Hall–Kier alpha value is -1.73. The summed E-state index contributed by atoms with van der Waals surface area (Å²) in [6, 6.07) is -1.39. The Balaban J connectivity index is 4.55. The topological polar surface area (TPSA) is 124 Å². The van der Waals surface area contributed by atoms with Crippen molar-refractivity contribution in [3.8, 4) is 0 Å². The van der Waals surface area contributed by atoms with Crippen LogP contribution in [-0.4, -0.2) is 33.5 Å². The van der Waals surface area contributed by atoms with Gasteiger partial charge in [0.1, 0.15) is 5.92 Å². The van der Waals surface area contributed by atoms with Gasteiger partial charge in [-0.25, -0.2) is 0 Å². The number of rotatable bonds is 7. The van der Waals surface area contributed by atoms with Crippen LogP contribution in [0.1, 0.15) is 19.8 Å². The van der Waals surface area contributed by atoms with Crippen molar-refractivity contribution in [2.45, 2.75) is 25.8 Å². The summed E-state index contributed by atoms with van der Waals surface area (Å²) in [5.74, 6) is -2.46. The number of carboxylic acid groups (broad SMARTS) is 1. The number of aliphatic carboxylic acids is 1. The molecule has 0 heterocycles. The van der Waals surface area contributed by atoms with Gasteiger partial charge in [0.05, 0.1) is 6.42 Å². The van der Waals surface area contributed by atoms with E-state index in [0.29, 0.717) is 0 Å². The van der Waals surface area contributed by atoms with Gasteiger partial charge < -0.3 is 5.11 Å². The molecule has 0 aliphatic rings. The largest absolute Gasteiger partial charge is 0.481 e. The molecular weight excluding hydrogens is 208 g/mol. The summed E-state index contributed by atoms with van der Waals surface area (Å²) in [5, 5.41) is 29.3. The first-order valence-corrected chi connectivity index (χ1v) is 4.38. The predicted molar refractivity (Wildman–Crippen MR) is 48.7 cm³/mol. The van der Waals surface area contributed by atoms with Crippen molar-refractivity contribution in [2.24, 2.45) is 5.92 Å². The van der Waals surface area contributed by atoms with Crippen molar-refractivity contribution < 1.29 is 19.7 Å². The van der Waals surface area contributed by atoms with Crippen LogP contribution in [0.25, 0.3) is 0 Å². The fourth-order valence-corrected chi connectivity index (χ4v) is 1.30. The van der Waals surface area contributed by atoms with E-state index in [4.69, 9.17) is 5.11 Å². The van der Waals surface area contributed by atoms with E-state index < -0.39 is 34.3 Å². The lowest BCUT2D eigenvalue weighted by Crippen LogP contribution is -2.35. The Bertz CT molecular complexity index is 266. The van der Waals surface area contributed by atoms with Gasteiger partial charge in [0, 0.05) is 9.85 Å². The Morgan fingerprint density at radius 1 is 1.40 bits per heavy atom. The highest BCUT2D eigenvalue weighted by Crippen LogP contribution is 2.15. The zero-order valence-electron chi connectivity index (χ0n) is 8.16. The van der Waals surface area contributed by atoms with Gasteiger partial charge >= 0.3 is 5.97 Å². The van der Waals surface area contributed by atoms with E-state index in [1.165, 1.54) is 6.92 Å². The second kappa shape index (κ2) is 5.89. The van der Waals surface area contributed by atoms with Gasteiger partial charge in [-0.3, -0.25) is 25.0 Å². The SMILES string of the molecule is CCC(C(=O)O)C(CC[N+](=O)[O-])[N+](=O)[O-]. The highest BCUT2D eigenvalue weighted by Gasteiger charge is 2.36. The minimum absolute atomic E-state index is 0.0820. The Morgan fingerprint density at radius 3 is 2.20 bits per heavy atom. The molecule has 0 saturated carbocycles. The van der Waals surface area contributed by atoms with Crippen LogP contribution in [0.2, 0.25) is 0 Å². The van der Waals surface area contributed by atoms with Gasteiger partial charge in [-0.15, -0.1) is 0 Å². The van der Waals surface area contributed by atoms with Crippen LogP contribution in [-0.2, 0) is 4.79 Å². The fourth-order valence-electron chi connectivity index (χ4n) is 1.30. The van der Waals surface area contributed by atoms with Crippen LogP contribution in [0.4, 0.5) is 0 Å². The smallest absolute Gasteiger partial charge is 0.313 e. The third-order valence-corrected chi connectivity index (χ3v) is 2.10. The monoisotopic (exact) mass is 220 g/mol. The van der Waals surface area contributed by atoms with Gasteiger partial charge in [-0.1, -0.05) is 6.92 Å². The average molecular weight is 220 g/mol. The molecule has 2 atom stereocenters. The van der Waals surface area contributed by atoms with Gasteiger partial charge in [-0.2, -0.15) is 0 Å². The molecule has 0 radical (unpaired) electrons. The first kappa shape index (κ1) is 13.3. The number of nitrogens with zero attached hydrogens (tertiary/aromatic N) is 2. The van der Waals surface area contributed by atoms with E-state index >= 15 is 0 Å². The Labute approximate surface area is 85.2 Å². The molecule has 0 fully saturated rings. The summed E-state index contributed by atoms with van der Waals surface area (Å²) in [7, 11) is 0. The third-order valence-electron chi connectivity index (χ3n) is 2.10. The number of hydrogen-bond acceptors (Lipinski definition) is 5. The van der Waals surface area contributed by atoms with Crippen LogP contribution >= 0.6 is 0 Å². The molecule has 0 amide bonds. The lowest BCUT2D eigenvalue weighted by atomic mass is 9.95. The molecule has 0 aromatic carbocycles. The maximum absolute atomic E-state index is 10.6. The molecule has 15 heavy (non-hydrogen) atoms. The number of hydrogen-bond donors (Lipinski definition) is 1. The molecular formula is C7H12N2O6. The molecule has 2 unspecified atom stereocenters. The molecule has 0 aromatic heterocycles. The van der Waals surface area contributed by atoms with Crippen LogP contribution in [0.3, 0.4) is 0 Å². The van der Waals surface area contributed by atoms with Crippen LogP contribution in [0.5, 0.6) is 0 Å². The molecule has 0 aliphatic carbocycles. The standard InChI is InChI=1S/C7H12N2O6/c1-2-5(7(10)11)6(9(14)15)3-4-8(12)13/h5-6H,2-4H2,1H3,(H,10,11). The van der Waals surface area contributed by atoms with Crippen LogP contribution in [0, 0.1) is 26.1 Å². The normalized spacial score (nSPS) is 14.2. The second-order valence-corrected chi connectivity index (χ2v) is 3.05. The van der Waals surface area contributed by atoms with Crippen molar-refractivity contribution in [2.75, 3.05) is 6.54 Å². The molecule has 86 valence electrons. The second-order valence-electron chi connectivity index (χ2n) is 3.05. The first-order chi connectivity index (χ1) is 6.90. The first-order valence-electron chi connectivity index (χ1n) is 4.38. The maximum Gasteiger partial charge on any atom is 0.313 e. The van der Waals surface area contributed by atoms with Gasteiger partial charge in [-0.05, 0) is 6.42 Å². The molecule has 0 rings (SSSR count). The summed E-state index contributed by atoms with van der Waals surface area (Å²) < 4.78 is 0. The highest BCUT2D eigenvalue weighted by molar-refractivity contribution is 5.70. The molecule has 8 nitrogen and oxygen atoms in total. The van der Waals surface area contributed by atoms with E-state index in [1.54, 1.807) is 0 Å². The lowest BCUT2D eigenvalue weighted by Gasteiger charge is -2.13. The molecule has 1 N–H and O–H groups in total. The maximum atomic E-state index is 10.6. The molecule has 0 aromatic rings. The van der Waals surface area contributed by atoms with Crippen molar-refractivity contribution in [3.05, 3.63) is 20.2 Å². The molecule has 8 heteroatoms. The van der Waals surface area contributed by atoms with Crippen molar-refractivity contribution >= 4 is 5.97 Å². The van der Waals surface area contributed by atoms with E-state index in [9.17, 15) is 25.0 Å². The van der Waals surface area contributed by atoms with Gasteiger partial charge in [0.2, 0.25) is 12.6 Å². The van der Waals surface area contributed by atoms with E-state index in [-0.39, 0.29) is 12.8 Å². The zero-order chi connectivity index (χ0) is 12.0. The minimum Gasteiger partial charge on any atom is -0.481 e. The number of carbonyl (C=O) groups is 1. The Morgan fingerprint density at radius 2 is 1.93 bits per heavy atom. The molecule has 0 bridgehead atoms. The van der Waals surface area contributed by atoms with E-state index in [0.717, 1.165) is 0 Å². The quantitative estimate of drug-likeness (QED) is 0.489. The summed E-state index contributed by atoms with van der Waals surface area (Å²) >= 11 is 0. The summed E-state index contributed by atoms with van der Waals surface area (Å²) in [6.45, 7) is 0.914. The van der Waals surface area contributed by atoms with E-state index in [2.05, 4.69) is 0 Å². The van der Waals surface area contributed by atoms with Crippen LogP contribution in [0.15, 0.2) is 0 Å². The average Bonchev–Trinajstić information content (AvgIpc) is 2.10. The molecule has 0 aliphatic heterocycles. The number of nitro groups is 2. The van der Waals surface area contributed by atoms with Crippen LogP contribution < -0.4 is 0 Å². The van der Waals surface area contributed by atoms with Crippen molar-refractivity contribution in [1.82, 2.24) is 0 Å². The lowest BCUT2D eigenvalue weighted by molar-refractivity contribution is -0.547. The van der Waals surface area contributed by atoms with E-state index in [1.807, 2.05) is 0 Å². The molecule has 0 spiro atoms. The fraction of sp³-hybridized carbons (Fsp3) is 0.857. The molecule has 0 saturated heterocycles. The Kier molecular flexibility index (Phi) is 5.21. The zero-order valence-corrected chi connectivity index (χ0v) is 8.16. The van der Waals surface area contributed by atoms with Crippen molar-refractivity contribution in [1.29, 1.82) is 0 Å². The summed E-state index contributed by atoms with van der Waals surface area (Å²) in [4.78, 5) is 29.8. The summed E-state index contributed by atoms with van der Waals surface area (Å²) in [5.41, 5.74) is 0. The van der Waals surface area contributed by atoms with Gasteiger partial charge in [0.25, 0.3) is 0 Å². The highest BCUT2D eigenvalue weighted by atomic mass is 16.6. The minimum atomic E-state index is -1.39. The van der Waals surface area contributed by atoms with Crippen molar-refractivity contribution in [3.63, 3.8) is 0 Å². The number of carboxylic acids is 1. The van der Waals surface area contributed by atoms with Gasteiger partial charge in [0.15, 0.2) is 0 Å². The summed E-state index contributed by atoms with van der Waals surface area (Å²) in [6.07, 6.45) is -0.274.